The van der Waals surface area contributed by atoms with Gasteiger partial charge in [-0.05, 0) is 24.3 Å². The molecule has 0 bridgehead atoms. The average Bonchev–Trinajstić information content (AvgIpc) is 4.12. The number of rotatable bonds is 7. The number of aryl methyl sites for hydroxylation is 1. The number of para-hydroxylation sites is 4. The second-order valence-electron chi connectivity index (χ2n) is 17.7. The summed E-state index contributed by atoms with van der Waals surface area (Å²) in [5.41, 5.74) is 15.3. The molecule has 9 aromatic carbocycles. The van der Waals surface area contributed by atoms with E-state index in [4.69, 9.17) is 9.72 Å². The first kappa shape index (κ1) is 40.3. The number of hydrogen-bond donors (Lipinski definition) is 0. The van der Waals surface area contributed by atoms with Gasteiger partial charge in [0.25, 0.3) is 0 Å². The number of pyridine rings is 1. The zero-order valence-electron chi connectivity index (χ0n) is 37.5. The number of imidazole rings is 1. The molecule has 0 N–H and O–H groups in total. The van der Waals surface area contributed by atoms with E-state index in [2.05, 4.69) is 220 Å². The summed E-state index contributed by atoms with van der Waals surface area (Å²) < 4.78 is 17.1. The minimum absolute atomic E-state index is 0.560. The van der Waals surface area contributed by atoms with Crippen molar-refractivity contribution in [1.29, 1.82) is 5.26 Å². The van der Waals surface area contributed by atoms with Crippen molar-refractivity contribution in [3.05, 3.63) is 227 Å². The van der Waals surface area contributed by atoms with Crippen LogP contribution in [-0.4, -0.2) is 23.1 Å². The molecule has 0 aliphatic heterocycles. The monoisotopic (exact) mass is 1080 g/mol. The van der Waals surface area contributed by atoms with E-state index in [-0.39, 0.29) is 0 Å². The van der Waals surface area contributed by atoms with Gasteiger partial charge in [0.1, 0.15) is 0 Å². The molecule has 0 amide bonds. The van der Waals surface area contributed by atoms with Gasteiger partial charge in [0, 0.05) is 27.7 Å². The number of aromatic nitrogens is 5. The van der Waals surface area contributed by atoms with Crippen molar-refractivity contribution >= 4 is 70.9 Å². The van der Waals surface area contributed by atoms with E-state index < -0.39 is 0 Å². The van der Waals surface area contributed by atoms with Crippen LogP contribution < -0.4 is 4.74 Å². The van der Waals surface area contributed by atoms with Crippen LogP contribution in [0.15, 0.2) is 200 Å². The Balaban J connectivity index is 0.939. The van der Waals surface area contributed by atoms with Gasteiger partial charge in [0.15, 0.2) is 0 Å². The maximum atomic E-state index is 10.2. The molecule has 332 valence electrons. The molecule has 70 heavy (non-hydrogen) atoms. The molecule has 0 unspecified atom stereocenters. The Hall–Kier alpha value is -8.82. The molecule has 0 atom stereocenters. The van der Waals surface area contributed by atoms with Crippen LogP contribution in [0.3, 0.4) is 0 Å². The van der Waals surface area contributed by atoms with Gasteiger partial charge in [-0.2, -0.15) is 5.26 Å². The van der Waals surface area contributed by atoms with Crippen molar-refractivity contribution < 1.29 is 24.1 Å². The molecule has 8 heteroatoms. The normalized spacial score (nSPS) is 11.9. The van der Waals surface area contributed by atoms with Crippen LogP contribution in [0, 0.1) is 34.2 Å². The molecule has 5 heterocycles. The van der Waals surface area contributed by atoms with Crippen LogP contribution >= 0.6 is 0 Å². The zero-order valence-corrected chi connectivity index (χ0v) is 39.7. The van der Waals surface area contributed by atoms with Gasteiger partial charge in [-0.15, -0.1) is 0 Å². The minimum Gasteiger partial charge on any atom is -0.0570 e. The number of hydrogen-bond acceptors (Lipinski definition) is 3. The summed E-state index contributed by atoms with van der Waals surface area (Å²) in [5.74, 6) is 1.94. The van der Waals surface area contributed by atoms with Crippen LogP contribution in [0.2, 0.25) is 0 Å². The second kappa shape index (κ2) is 15.6. The van der Waals surface area contributed by atoms with Crippen molar-refractivity contribution in [2.24, 2.45) is 0 Å². The van der Waals surface area contributed by atoms with Crippen molar-refractivity contribution in [3.63, 3.8) is 0 Å². The molecule has 0 aliphatic carbocycles. The molecule has 14 rings (SSSR count). The Morgan fingerprint density at radius 3 is 1.90 bits per heavy atom. The first-order valence-electron chi connectivity index (χ1n) is 23.1. The summed E-state index contributed by atoms with van der Waals surface area (Å²) in [7, 11) is 0. The standard InChI is InChI=1S/C62H36N6O.Pt/c1-39-26-27-43(65-38-66(55-24-11-10-23-54(55)65)61-45(41-15-4-2-5-16-41)20-14-21-46(61)42-17-6-3-7-18-42)33-59(39)69-44-28-29-48-49-35-50-52-32-40(37-63)31-51-47-19-8-9-22-53(47)68(62(51)52)58(50)36-57(49)67(56(48)34-44)60-25-12-13-30-64-60;/h2-32,35-36H,1H3;/q-2;. The molecule has 0 aliphatic rings. The summed E-state index contributed by atoms with van der Waals surface area (Å²) in [6.45, 7) is 2.05. The molecule has 7 nitrogen and oxygen atoms in total. The van der Waals surface area contributed by atoms with Gasteiger partial charge in [0.05, 0.1) is 28.2 Å². The smallest absolute Gasteiger partial charge is 0.0570 e. The fourth-order valence-electron chi connectivity index (χ4n) is 10.7. The van der Waals surface area contributed by atoms with Crippen molar-refractivity contribution in [1.82, 2.24) is 23.1 Å². The van der Waals surface area contributed by atoms with Crippen LogP contribution in [0.4, 0.5) is 0 Å². The fourth-order valence-corrected chi connectivity index (χ4v) is 11.8. The molecule has 0 saturated heterocycles. The first-order chi connectivity index (χ1) is 34.5. The van der Waals surface area contributed by atoms with E-state index in [0.717, 1.165) is 120 Å². The number of benzene rings is 9. The van der Waals surface area contributed by atoms with Crippen LogP contribution in [-0.2, 0) is 19.4 Å². The van der Waals surface area contributed by atoms with Gasteiger partial charge in [0.2, 0.25) is 0 Å². The SMILES string of the molecule is Cc1ccc(-n2[c](=[Pt])n(-c3c(-c4ccccc4)cccc3-c3ccccc3)c3ccccc32)[c-]c1Oc1[c-]c2c(cc1)c1cc3c4cc(C#N)cc5c6ccccc6n(c3cc1n2-c1ccccn1)c54. The third kappa shape index (κ3) is 5.97. The van der Waals surface area contributed by atoms with Crippen LogP contribution in [0.25, 0.3) is 110 Å². The molecular formula is C62H36N6OPt-2. The maximum absolute atomic E-state index is 10.2. The van der Waals surface area contributed by atoms with Gasteiger partial charge in [-0.3, -0.25) is 0 Å². The van der Waals surface area contributed by atoms with Gasteiger partial charge < -0.3 is 4.40 Å². The summed E-state index contributed by atoms with van der Waals surface area (Å²) in [6.07, 6.45) is 1.83. The Bertz CT molecular complexity index is 4480. The van der Waals surface area contributed by atoms with Crippen molar-refractivity contribution in [3.8, 4) is 57.0 Å². The van der Waals surface area contributed by atoms with E-state index in [1.54, 1.807) is 0 Å². The Morgan fingerprint density at radius 1 is 0.529 bits per heavy atom. The average molecular weight is 1080 g/mol. The van der Waals surface area contributed by atoms with Crippen molar-refractivity contribution in [2.75, 3.05) is 0 Å². The van der Waals surface area contributed by atoms with Crippen molar-refractivity contribution in [2.45, 2.75) is 6.92 Å². The van der Waals surface area contributed by atoms with E-state index in [1.807, 2.05) is 42.6 Å². The molecular weight excluding hydrogens is 1040 g/mol. The molecule has 0 spiro atoms. The summed E-state index contributed by atoms with van der Waals surface area (Å²) in [4.78, 5) is 4.88. The first-order valence-corrected chi connectivity index (χ1v) is 24.2. The number of nitrogens with zero attached hydrogens (tertiary/aromatic N) is 6. The van der Waals surface area contributed by atoms with E-state index in [0.29, 0.717) is 17.1 Å². The van der Waals surface area contributed by atoms with Gasteiger partial charge in [-0.1, -0.05) is 24.3 Å². The Labute approximate surface area is 412 Å². The predicted octanol–water partition coefficient (Wildman–Crippen LogP) is 15.0. The molecule has 5 aromatic heterocycles. The molecule has 14 aromatic rings. The quantitative estimate of drug-likeness (QED) is 0.149. The zero-order chi connectivity index (χ0) is 46.6. The van der Waals surface area contributed by atoms with E-state index in [9.17, 15) is 5.26 Å². The second-order valence-corrected chi connectivity index (χ2v) is 18.7. The Kier molecular flexibility index (Phi) is 8.98. The van der Waals surface area contributed by atoms with E-state index >= 15 is 0 Å². The third-order valence-electron chi connectivity index (χ3n) is 13.8. The van der Waals surface area contributed by atoms with Gasteiger partial charge >= 0.3 is 301 Å². The number of ether oxygens (including phenoxy) is 1. The summed E-state index contributed by atoms with van der Waals surface area (Å²) in [5, 5.41) is 16.6. The molecule has 0 fully saturated rings. The van der Waals surface area contributed by atoms with Gasteiger partial charge in [-0.25, -0.2) is 0 Å². The minimum atomic E-state index is 0.560. The number of fused-ring (bicyclic) bond motifs is 10. The predicted molar refractivity (Wildman–Crippen MR) is 277 cm³/mol. The molecule has 0 radical (unpaired) electrons. The number of nitriles is 1. The van der Waals surface area contributed by atoms with Crippen LogP contribution in [0.5, 0.6) is 11.5 Å². The Morgan fingerprint density at radius 2 is 1.19 bits per heavy atom. The third-order valence-corrected chi connectivity index (χ3v) is 14.8. The van der Waals surface area contributed by atoms with E-state index in [1.165, 1.54) is 0 Å². The fraction of sp³-hybridized carbons (Fsp3) is 0.0161. The van der Waals surface area contributed by atoms with Crippen LogP contribution in [0.1, 0.15) is 11.1 Å². The molecule has 0 saturated carbocycles. The topological polar surface area (TPSA) is 65.1 Å². The summed E-state index contributed by atoms with van der Waals surface area (Å²) >= 11 is 2.47. The summed E-state index contributed by atoms with van der Waals surface area (Å²) in [6, 6.07) is 77.6.